The van der Waals surface area contributed by atoms with Gasteiger partial charge >= 0.3 is 6.18 Å². The van der Waals surface area contributed by atoms with Crippen molar-refractivity contribution in [3.8, 4) is 17.0 Å². The predicted octanol–water partition coefficient (Wildman–Crippen LogP) is 6.24. The third-order valence-corrected chi connectivity index (χ3v) is 6.52. The van der Waals surface area contributed by atoms with Gasteiger partial charge < -0.3 is 9.30 Å². The molecular formula is C27H20ClF4N5O2. The van der Waals surface area contributed by atoms with Crippen molar-refractivity contribution in [2.24, 2.45) is 0 Å². The van der Waals surface area contributed by atoms with E-state index in [1.807, 2.05) is 19.1 Å². The number of benzene rings is 1. The lowest BCUT2D eigenvalue weighted by Crippen LogP contribution is -2.26. The van der Waals surface area contributed by atoms with E-state index >= 15 is 0 Å². The van der Waals surface area contributed by atoms with Crippen molar-refractivity contribution in [2.75, 3.05) is 0 Å². The van der Waals surface area contributed by atoms with Crippen molar-refractivity contribution in [3.05, 3.63) is 104 Å². The lowest BCUT2D eigenvalue weighted by molar-refractivity contribution is -0.138. The molecule has 0 aliphatic rings. The Kier molecular flexibility index (Phi) is 6.85. The summed E-state index contributed by atoms with van der Waals surface area (Å²) >= 11 is 6.30. The zero-order valence-corrected chi connectivity index (χ0v) is 21.4. The fourth-order valence-corrected chi connectivity index (χ4v) is 4.49. The Labute approximate surface area is 224 Å². The molecule has 0 spiro atoms. The van der Waals surface area contributed by atoms with Crippen molar-refractivity contribution in [1.82, 2.24) is 24.7 Å². The van der Waals surface area contributed by atoms with Crippen LogP contribution in [0.25, 0.3) is 22.2 Å². The van der Waals surface area contributed by atoms with E-state index in [9.17, 15) is 22.4 Å². The number of fused-ring (bicyclic) bond motifs is 1. The molecular weight excluding hydrogens is 538 g/mol. The number of para-hydroxylation sites is 1. The number of nitrogens with one attached hydrogen (secondary N) is 1. The van der Waals surface area contributed by atoms with Crippen LogP contribution in [0.4, 0.5) is 17.6 Å². The third kappa shape index (κ3) is 5.22. The number of alkyl halides is 3. The van der Waals surface area contributed by atoms with Crippen molar-refractivity contribution in [3.63, 3.8) is 0 Å². The molecule has 1 aromatic carbocycles. The van der Waals surface area contributed by atoms with Crippen LogP contribution >= 0.6 is 11.6 Å². The highest BCUT2D eigenvalue weighted by molar-refractivity contribution is 6.33. The van der Waals surface area contributed by atoms with Crippen LogP contribution in [0.3, 0.4) is 0 Å². The first-order valence-electron chi connectivity index (χ1n) is 11.7. The van der Waals surface area contributed by atoms with Crippen molar-refractivity contribution >= 4 is 22.5 Å². The summed E-state index contributed by atoms with van der Waals surface area (Å²) < 4.78 is 60.6. The van der Waals surface area contributed by atoms with Crippen molar-refractivity contribution < 1.29 is 22.3 Å². The summed E-state index contributed by atoms with van der Waals surface area (Å²) in [4.78, 5) is 21.2. The van der Waals surface area contributed by atoms with Crippen LogP contribution in [0.1, 0.15) is 28.1 Å². The fraction of sp³-hybridized carbons (Fsp3) is 0.185. The van der Waals surface area contributed by atoms with Gasteiger partial charge in [0, 0.05) is 34.6 Å². The minimum absolute atomic E-state index is 0.0277. The molecule has 0 saturated heterocycles. The van der Waals surface area contributed by atoms with Crippen LogP contribution in [0.5, 0.6) is 5.75 Å². The molecule has 200 valence electrons. The van der Waals surface area contributed by atoms with Crippen LogP contribution in [0.15, 0.2) is 59.8 Å². The number of halogens is 5. The van der Waals surface area contributed by atoms with Gasteiger partial charge in [0.25, 0.3) is 5.56 Å². The molecule has 0 atom stereocenters. The number of nitrogens with zero attached hydrogens (tertiary/aromatic N) is 4. The second-order valence-corrected chi connectivity index (χ2v) is 9.31. The molecule has 5 aromatic rings. The minimum Gasteiger partial charge on any atom is -0.487 e. The Morgan fingerprint density at radius 3 is 2.67 bits per heavy atom. The van der Waals surface area contributed by atoms with E-state index in [1.54, 1.807) is 25.1 Å². The molecule has 0 aliphatic heterocycles. The molecule has 1 N–H and O–H groups in total. The summed E-state index contributed by atoms with van der Waals surface area (Å²) in [6, 6.07) is 9.18. The van der Waals surface area contributed by atoms with E-state index in [-0.39, 0.29) is 24.9 Å². The molecule has 39 heavy (non-hydrogen) atoms. The lowest BCUT2D eigenvalue weighted by Gasteiger charge is -2.16. The maximum atomic E-state index is 14.1. The summed E-state index contributed by atoms with van der Waals surface area (Å²) in [7, 11) is 0. The Bertz CT molecular complexity index is 1760. The fourth-order valence-electron chi connectivity index (χ4n) is 4.30. The largest absolute Gasteiger partial charge is 0.487 e. The maximum absolute atomic E-state index is 14.1. The number of aryl methyl sites for hydroxylation is 2. The molecule has 4 heterocycles. The number of aromatic nitrogens is 5. The Balaban J connectivity index is 1.51. The van der Waals surface area contributed by atoms with Gasteiger partial charge in [-0.25, -0.2) is 9.37 Å². The average molecular weight is 558 g/mol. The molecule has 5 rings (SSSR count). The Hall–Kier alpha value is -4.25. The number of ether oxygens (including phenoxy) is 1. The normalized spacial score (nSPS) is 11.8. The Morgan fingerprint density at radius 1 is 1.15 bits per heavy atom. The minimum atomic E-state index is -4.82. The van der Waals surface area contributed by atoms with Gasteiger partial charge in [-0.3, -0.25) is 14.9 Å². The molecule has 0 saturated carbocycles. The number of H-pyrrole nitrogens is 1. The molecule has 0 fully saturated rings. The highest BCUT2D eigenvalue weighted by Crippen LogP contribution is 2.35. The van der Waals surface area contributed by atoms with Crippen LogP contribution in [0.2, 0.25) is 5.02 Å². The van der Waals surface area contributed by atoms with E-state index < -0.39 is 23.1 Å². The quantitative estimate of drug-likeness (QED) is 0.250. The third-order valence-electron chi connectivity index (χ3n) is 6.23. The van der Waals surface area contributed by atoms with Gasteiger partial charge in [0.1, 0.15) is 17.9 Å². The molecule has 0 bridgehead atoms. The molecule has 0 aliphatic carbocycles. The van der Waals surface area contributed by atoms with E-state index in [1.165, 1.54) is 12.4 Å². The maximum Gasteiger partial charge on any atom is 0.417 e. The second-order valence-electron chi connectivity index (χ2n) is 8.91. The van der Waals surface area contributed by atoms with Gasteiger partial charge in [0.05, 0.1) is 34.7 Å². The van der Waals surface area contributed by atoms with Gasteiger partial charge in [0.2, 0.25) is 0 Å². The van der Waals surface area contributed by atoms with Gasteiger partial charge in [0.15, 0.2) is 5.82 Å². The van der Waals surface area contributed by atoms with Crippen molar-refractivity contribution in [2.45, 2.75) is 33.2 Å². The standard InChI is InChI=1S/C27H20ClF4N5O2/c1-14-6-7-33-22(12-37-11-16(27(30,31)32)9-21(29)26(37)38)19(14)13-39-23-5-3-4-17-18(8-15(2)35-25(17)23)24-20(28)10-34-36-24/h3-11H,12-13H2,1-2H3,(H,34,36). The number of rotatable bonds is 6. The van der Waals surface area contributed by atoms with E-state index in [2.05, 4.69) is 20.2 Å². The van der Waals surface area contributed by atoms with Gasteiger partial charge in [-0.05, 0) is 43.7 Å². The van der Waals surface area contributed by atoms with Crippen LogP contribution in [-0.4, -0.2) is 24.7 Å². The monoisotopic (exact) mass is 557 g/mol. The summed E-state index contributed by atoms with van der Waals surface area (Å²) in [5.74, 6) is -1.05. The summed E-state index contributed by atoms with van der Waals surface area (Å²) in [5, 5.41) is 8.10. The Morgan fingerprint density at radius 2 is 1.95 bits per heavy atom. The molecule has 0 radical (unpaired) electrons. The van der Waals surface area contributed by atoms with E-state index in [4.69, 9.17) is 16.3 Å². The summed E-state index contributed by atoms with van der Waals surface area (Å²) in [5.41, 5.74) is 1.79. The lowest BCUT2D eigenvalue weighted by atomic mass is 10.0. The van der Waals surface area contributed by atoms with Gasteiger partial charge in [-0.1, -0.05) is 23.7 Å². The van der Waals surface area contributed by atoms with E-state index in [0.29, 0.717) is 44.0 Å². The number of hydrogen-bond acceptors (Lipinski definition) is 5. The van der Waals surface area contributed by atoms with Gasteiger partial charge in [-0.2, -0.15) is 18.3 Å². The first-order chi connectivity index (χ1) is 18.5. The zero-order valence-electron chi connectivity index (χ0n) is 20.6. The number of pyridine rings is 3. The van der Waals surface area contributed by atoms with Crippen LogP contribution in [-0.2, 0) is 19.3 Å². The molecule has 0 amide bonds. The SMILES string of the molecule is Cc1cc(-c2[nH]ncc2Cl)c2cccc(OCc3c(C)ccnc3Cn3cc(C(F)(F)F)cc(F)c3=O)c2n1. The second kappa shape index (κ2) is 10.1. The molecule has 12 heteroatoms. The van der Waals surface area contributed by atoms with Crippen molar-refractivity contribution in [1.29, 1.82) is 0 Å². The van der Waals surface area contributed by atoms with Gasteiger partial charge in [-0.15, -0.1) is 0 Å². The number of aromatic amines is 1. The highest BCUT2D eigenvalue weighted by atomic mass is 35.5. The topological polar surface area (TPSA) is 85.7 Å². The first kappa shape index (κ1) is 26.4. The molecule has 0 unspecified atom stereocenters. The van der Waals surface area contributed by atoms with E-state index in [0.717, 1.165) is 16.5 Å². The first-order valence-corrected chi connectivity index (χ1v) is 12.0. The smallest absolute Gasteiger partial charge is 0.417 e. The van der Waals surface area contributed by atoms with Crippen LogP contribution < -0.4 is 10.3 Å². The highest BCUT2D eigenvalue weighted by Gasteiger charge is 2.32. The zero-order chi connectivity index (χ0) is 27.9. The molecule has 7 nitrogen and oxygen atoms in total. The summed E-state index contributed by atoms with van der Waals surface area (Å²) in [6.07, 6.45) is -1.26. The molecule has 4 aromatic heterocycles. The van der Waals surface area contributed by atoms with Crippen LogP contribution in [0, 0.1) is 19.7 Å². The summed E-state index contributed by atoms with van der Waals surface area (Å²) in [6.45, 7) is 3.21. The predicted molar refractivity (Wildman–Crippen MR) is 137 cm³/mol. The number of hydrogen-bond donors (Lipinski definition) is 1. The average Bonchev–Trinajstić information content (AvgIpc) is 3.31.